The van der Waals surface area contributed by atoms with E-state index in [4.69, 9.17) is 21.7 Å². The van der Waals surface area contributed by atoms with Crippen LogP contribution in [-0.2, 0) is 6.54 Å². The minimum absolute atomic E-state index is 0.0225. The van der Waals surface area contributed by atoms with E-state index in [9.17, 15) is 10.1 Å². The molecule has 0 aromatic heterocycles. The summed E-state index contributed by atoms with van der Waals surface area (Å²) >= 11 is 5.22. The standard InChI is InChI=1S/C23H22N4O4S/c28-27(29)20-9-11-21(12-10-20)30-13-14-31-22-8-4-7-19(15-22)17-25-26-23(32)24-16-18-5-2-1-3-6-18/h1-12,15,17H,13-14,16H2,(H2,24,26,32)/b25-17-. The first-order valence-electron chi connectivity index (χ1n) is 9.81. The zero-order chi connectivity index (χ0) is 22.6. The normalized spacial score (nSPS) is 10.5. The second-order valence-corrected chi connectivity index (χ2v) is 6.97. The fourth-order valence-corrected chi connectivity index (χ4v) is 2.78. The lowest BCUT2D eigenvalue weighted by Crippen LogP contribution is -2.31. The predicted octanol–water partition coefficient (Wildman–Crippen LogP) is 4.05. The summed E-state index contributed by atoms with van der Waals surface area (Å²) < 4.78 is 11.2. The van der Waals surface area contributed by atoms with E-state index >= 15 is 0 Å². The molecule has 32 heavy (non-hydrogen) atoms. The molecule has 0 amide bonds. The first kappa shape index (κ1) is 22.7. The van der Waals surface area contributed by atoms with Crippen molar-refractivity contribution in [2.45, 2.75) is 6.54 Å². The summed E-state index contributed by atoms with van der Waals surface area (Å²) in [5.41, 5.74) is 4.78. The molecule has 3 aromatic carbocycles. The first-order chi connectivity index (χ1) is 15.6. The number of thiocarbonyl (C=S) groups is 1. The highest BCUT2D eigenvalue weighted by Crippen LogP contribution is 2.17. The summed E-state index contributed by atoms with van der Waals surface area (Å²) in [4.78, 5) is 10.2. The second-order valence-electron chi connectivity index (χ2n) is 6.56. The third kappa shape index (κ3) is 7.69. The van der Waals surface area contributed by atoms with Gasteiger partial charge in [-0.1, -0.05) is 42.5 Å². The maximum absolute atomic E-state index is 10.7. The van der Waals surface area contributed by atoms with Gasteiger partial charge in [-0.3, -0.25) is 15.5 Å². The first-order valence-corrected chi connectivity index (χ1v) is 10.2. The summed E-state index contributed by atoms with van der Waals surface area (Å²) in [6.45, 7) is 1.25. The van der Waals surface area contributed by atoms with Gasteiger partial charge < -0.3 is 14.8 Å². The topological polar surface area (TPSA) is 98.0 Å². The second kappa shape index (κ2) is 12.0. The highest BCUT2D eigenvalue weighted by Gasteiger charge is 2.04. The number of benzene rings is 3. The van der Waals surface area contributed by atoms with Gasteiger partial charge in [0.05, 0.1) is 11.1 Å². The van der Waals surface area contributed by atoms with Crippen LogP contribution in [0, 0.1) is 10.1 Å². The molecule has 0 aliphatic rings. The van der Waals surface area contributed by atoms with Crippen molar-refractivity contribution in [2.24, 2.45) is 5.10 Å². The lowest BCUT2D eigenvalue weighted by molar-refractivity contribution is -0.384. The van der Waals surface area contributed by atoms with Gasteiger partial charge in [-0.25, -0.2) is 0 Å². The van der Waals surface area contributed by atoms with E-state index in [1.807, 2.05) is 54.6 Å². The Kier molecular flexibility index (Phi) is 8.52. The molecule has 0 heterocycles. The average molecular weight is 451 g/mol. The lowest BCUT2D eigenvalue weighted by Gasteiger charge is -2.09. The number of ether oxygens (including phenoxy) is 2. The molecular weight excluding hydrogens is 428 g/mol. The van der Waals surface area contributed by atoms with Crippen LogP contribution < -0.4 is 20.2 Å². The van der Waals surface area contributed by atoms with Crippen LogP contribution in [0.2, 0.25) is 0 Å². The third-order valence-corrected chi connectivity index (χ3v) is 4.44. The minimum atomic E-state index is -0.451. The van der Waals surface area contributed by atoms with Gasteiger partial charge in [0, 0.05) is 18.7 Å². The summed E-state index contributed by atoms with van der Waals surface area (Å²) in [6, 6.07) is 23.3. The molecule has 9 heteroatoms. The SMILES string of the molecule is O=[N+]([O-])c1ccc(OCCOc2cccc(/C=N\NC(=S)NCc3ccccc3)c2)cc1. The van der Waals surface area contributed by atoms with Gasteiger partial charge in [0.15, 0.2) is 5.11 Å². The Morgan fingerprint density at radius 3 is 2.41 bits per heavy atom. The molecule has 0 fully saturated rings. The molecule has 0 bridgehead atoms. The molecule has 0 saturated heterocycles. The van der Waals surface area contributed by atoms with Crippen LogP contribution in [0.3, 0.4) is 0 Å². The summed E-state index contributed by atoms with van der Waals surface area (Å²) in [5.74, 6) is 1.22. The molecule has 0 aliphatic heterocycles. The predicted molar refractivity (Wildman–Crippen MR) is 127 cm³/mol. The van der Waals surface area contributed by atoms with Crippen molar-refractivity contribution in [2.75, 3.05) is 13.2 Å². The lowest BCUT2D eigenvalue weighted by atomic mass is 10.2. The fourth-order valence-electron chi connectivity index (χ4n) is 2.65. The van der Waals surface area contributed by atoms with Crippen LogP contribution in [0.4, 0.5) is 5.69 Å². The number of nitrogens with zero attached hydrogens (tertiary/aromatic N) is 2. The highest BCUT2D eigenvalue weighted by molar-refractivity contribution is 7.80. The van der Waals surface area contributed by atoms with E-state index in [2.05, 4.69) is 15.8 Å². The van der Waals surface area contributed by atoms with Crippen molar-refractivity contribution in [3.8, 4) is 11.5 Å². The number of non-ortho nitro benzene ring substituents is 1. The Hall–Kier alpha value is -3.98. The fraction of sp³-hybridized carbons (Fsp3) is 0.130. The van der Waals surface area contributed by atoms with Crippen molar-refractivity contribution >= 4 is 29.2 Å². The van der Waals surface area contributed by atoms with Gasteiger partial charge >= 0.3 is 0 Å². The van der Waals surface area contributed by atoms with Crippen molar-refractivity contribution in [1.82, 2.24) is 10.7 Å². The monoisotopic (exact) mass is 450 g/mol. The quantitative estimate of drug-likeness (QED) is 0.158. The van der Waals surface area contributed by atoms with Crippen LogP contribution >= 0.6 is 12.2 Å². The Labute approximate surface area is 191 Å². The van der Waals surface area contributed by atoms with E-state index in [-0.39, 0.29) is 5.69 Å². The van der Waals surface area contributed by atoms with Crippen molar-refractivity contribution in [1.29, 1.82) is 0 Å². The van der Waals surface area contributed by atoms with E-state index in [1.54, 1.807) is 18.3 Å². The maximum Gasteiger partial charge on any atom is 0.269 e. The molecule has 0 unspecified atom stereocenters. The van der Waals surface area contributed by atoms with Gasteiger partial charge in [0.25, 0.3) is 5.69 Å². The number of hydrogen-bond acceptors (Lipinski definition) is 6. The van der Waals surface area contributed by atoms with E-state index < -0.39 is 4.92 Å². The van der Waals surface area contributed by atoms with Gasteiger partial charge in [0.1, 0.15) is 24.7 Å². The Morgan fingerprint density at radius 2 is 1.69 bits per heavy atom. The molecule has 0 aliphatic carbocycles. The van der Waals surface area contributed by atoms with Crippen molar-refractivity contribution in [3.05, 3.63) is 100 Å². The summed E-state index contributed by atoms with van der Waals surface area (Å²) in [7, 11) is 0. The van der Waals surface area contributed by atoms with E-state index in [0.717, 1.165) is 11.1 Å². The minimum Gasteiger partial charge on any atom is -0.490 e. The number of nitro benzene ring substituents is 1. The van der Waals surface area contributed by atoms with Crippen LogP contribution in [0.15, 0.2) is 84.0 Å². The zero-order valence-corrected chi connectivity index (χ0v) is 18.0. The molecule has 3 aromatic rings. The van der Waals surface area contributed by atoms with Gasteiger partial charge in [-0.2, -0.15) is 5.10 Å². The van der Waals surface area contributed by atoms with E-state index in [0.29, 0.717) is 36.4 Å². The number of rotatable bonds is 10. The molecule has 0 atom stereocenters. The summed E-state index contributed by atoms with van der Waals surface area (Å²) in [6.07, 6.45) is 1.65. The molecule has 8 nitrogen and oxygen atoms in total. The molecule has 0 spiro atoms. The Morgan fingerprint density at radius 1 is 0.969 bits per heavy atom. The molecule has 2 N–H and O–H groups in total. The Bertz CT molecular complexity index is 1060. The van der Waals surface area contributed by atoms with Gasteiger partial charge in [0.2, 0.25) is 0 Å². The number of nitrogens with one attached hydrogen (secondary N) is 2. The van der Waals surface area contributed by atoms with Crippen LogP contribution in [0.1, 0.15) is 11.1 Å². The van der Waals surface area contributed by atoms with Crippen molar-refractivity contribution < 1.29 is 14.4 Å². The van der Waals surface area contributed by atoms with Crippen LogP contribution in [0.25, 0.3) is 0 Å². The number of hydrazone groups is 1. The zero-order valence-electron chi connectivity index (χ0n) is 17.1. The Balaban J connectivity index is 1.38. The number of nitro groups is 1. The summed E-state index contributed by atoms with van der Waals surface area (Å²) in [5, 5.41) is 18.3. The largest absolute Gasteiger partial charge is 0.490 e. The van der Waals surface area contributed by atoms with Gasteiger partial charge in [-0.05, 0) is 47.6 Å². The average Bonchev–Trinajstić information content (AvgIpc) is 2.82. The van der Waals surface area contributed by atoms with E-state index in [1.165, 1.54) is 12.1 Å². The number of hydrogen-bond donors (Lipinski definition) is 2. The smallest absolute Gasteiger partial charge is 0.269 e. The molecule has 0 radical (unpaired) electrons. The van der Waals surface area contributed by atoms with Gasteiger partial charge in [-0.15, -0.1) is 0 Å². The molecular formula is C23H22N4O4S. The van der Waals surface area contributed by atoms with Crippen LogP contribution in [-0.4, -0.2) is 29.5 Å². The third-order valence-electron chi connectivity index (χ3n) is 4.20. The highest BCUT2D eigenvalue weighted by atomic mass is 32.1. The maximum atomic E-state index is 10.7. The van der Waals surface area contributed by atoms with Crippen LogP contribution in [0.5, 0.6) is 11.5 Å². The molecule has 164 valence electrons. The molecule has 0 saturated carbocycles. The molecule has 3 rings (SSSR count). The van der Waals surface area contributed by atoms with Crippen molar-refractivity contribution in [3.63, 3.8) is 0 Å².